The number of benzene rings is 2. The van der Waals surface area contributed by atoms with Gasteiger partial charge in [-0.3, -0.25) is 14.4 Å². The lowest BCUT2D eigenvalue weighted by atomic mass is 10.1. The van der Waals surface area contributed by atoms with Crippen LogP contribution < -0.4 is 16.5 Å². The van der Waals surface area contributed by atoms with Crippen LogP contribution in [0, 0.1) is 0 Å². The minimum Gasteiger partial charge on any atom is -0.508 e. The molecule has 0 spiro atoms. The van der Waals surface area contributed by atoms with E-state index in [1.54, 1.807) is 0 Å². The van der Waals surface area contributed by atoms with Crippen LogP contribution in [0.1, 0.15) is 22.0 Å². The van der Waals surface area contributed by atoms with Crippen LogP contribution in [-0.4, -0.2) is 27.1 Å². The molecule has 0 fully saturated rings. The van der Waals surface area contributed by atoms with Crippen LogP contribution in [0.2, 0.25) is 0 Å². The molecule has 0 saturated heterocycles. The molecule has 0 aliphatic carbocycles. The molecule has 3 aromatic rings. The predicted octanol–water partition coefficient (Wildman–Crippen LogP) is 0.866. The molecule has 0 aliphatic heterocycles. The van der Waals surface area contributed by atoms with Gasteiger partial charge in [0.2, 0.25) is 11.3 Å². The second-order valence-electron chi connectivity index (χ2n) is 5.72. The summed E-state index contributed by atoms with van der Waals surface area (Å²) in [6.45, 7) is 0. The van der Waals surface area contributed by atoms with Crippen LogP contribution in [-0.2, 0) is 4.79 Å². The fourth-order valence-corrected chi connectivity index (χ4v) is 2.50. The zero-order valence-electron chi connectivity index (χ0n) is 13.7. The smallest absolute Gasteiger partial charge is 0.259 e. The fraction of sp³-hybridized carbons (Fsp3) is 0.0556. The highest BCUT2D eigenvalue weighted by Gasteiger charge is 2.23. The number of fused-ring (bicyclic) bond motifs is 1. The number of aromatic hydroxyl groups is 3. The van der Waals surface area contributed by atoms with E-state index in [1.165, 1.54) is 24.3 Å². The average Bonchev–Trinajstić information content (AvgIpc) is 2.62. The molecule has 2 amide bonds. The molecule has 0 bridgehead atoms. The Hall–Kier alpha value is -4.01. The summed E-state index contributed by atoms with van der Waals surface area (Å²) in [4.78, 5) is 36.7. The number of primary amides is 1. The Bertz CT molecular complexity index is 1100. The van der Waals surface area contributed by atoms with Gasteiger partial charge in [0.05, 0.1) is 5.39 Å². The maximum Gasteiger partial charge on any atom is 0.259 e. The van der Waals surface area contributed by atoms with Crippen molar-refractivity contribution < 1.29 is 29.3 Å². The maximum atomic E-state index is 12.5. The molecule has 138 valence electrons. The van der Waals surface area contributed by atoms with E-state index in [2.05, 4.69) is 5.32 Å². The first kappa shape index (κ1) is 17.8. The molecule has 1 aromatic heterocycles. The molecule has 27 heavy (non-hydrogen) atoms. The Morgan fingerprint density at radius 3 is 2.30 bits per heavy atom. The number of nitrogens with two attached hydrogens (primary N) is 1. The Labute approximate surface area is 151 Å². The Morgan fingerprint density at radius 1 is 1.04 bits per heavy atom. The minimum atomic E-state index is -1.25. The molecule has 3 rings (SSSR count). The van der Waals surface area contributed by atoms with Crippen LogP contribution in [0.5, 0.6) is 17.2 Å². The summed E-state index contributed by atoms with van der Waals surface area (Å²) >= 11 is 0. The average molecular weight is 370 g/mol. The first-order valence-electron chi connectivity index (χ1n) is 7.64. The largest absolute Gasteiger partial charge is 0.508 e. The molecule has 1 atom stereocenters. The van der Waals surface area contributed by atoms with Gasteiger partial charge in [0, 0.05) is 6.07 Å². The Kier molecular flexibility index (Phi) is 4.43. The van der Waals surface area contributed by atoms with E-state index in [-0.39, 0.29) is 16.7 Å². The van der Waals surface area contributed by atoms with E-state index in [9.17, 15) is 29.7 Å². The predicted molar refractivity (Wildman–Crippen MR) is 93.3 cm³/mol. The molecule has 0 radical (unpaired) electrons. The van der Waals surface area contributed by atoms with Gasteiger partial charge in [0.1, 0.15) is 29.2 Å². The second-order valence-corrected chi connectivity index (χ2v) is 5.72. The molecular formula is C18H14N2O7. The number of amides is 2. The van der Waals surface area contributed by atoms with Gasteiger partial charge in [-0.05, 0) is 23.8 Å². The summed E-state index contributed by atoms with van der Waals surface area (Å²) in [5.74, 6) is -2.86. The van der Waals surface area contributed by atoms with Gasteiger partial charge in [-0.25, -0.2) is 0 Å². The number of hydrogen-bond acceptors (Lipinski definition) is 7. The highest BCUT2D eigenvalue weighted by atomic mass is 16.3. The molecule has 1 unspecified atom stereocenters. The summed E-state index contributed by atoms with van der Waals surface area (Å²) in [6.07, 6.45) is 0.880. The maximum absolute atomic E-state index is 12.5. The monoisotopic (exact) mass is 370 g/mol. The van der Waals surface area contributed by atoms with E-state index in [0.717, 1.165) is 18.4 Å². The zero-order valence-corrected chi connectivity index (χ0v) is 13.7. The van der Waals surface area contributed by atoms with Gasteiger partial charge in [-0.1, -0.05) is 12.1 Å². The first-order chi connectivity index (χ1) is 12.8. The summed E-state index contributed by atoms with van der Waals surface area (Å²) in [5, 5.41) is 30.5. The first-order valence-corrected chi connectivity index (χ1v) is 7.64. The zero-order chi connectivity index (χ0) is 19.7. The number of carbonyl (C=O) groups excluding carboxylic acids is 2. The van der Waals surface area contributed by atoms with Gasteiger partial charge in [-0.2, -0.15) is 0 Å². The highest BCUT2D eigenvalue weighted by Crippen LogP contribution is 2.28. The van der Waals surface area contributed by atoms with Gasteiger partial charge >= 0.3 is 0 Å². The summed E-state index contributed by atoms with van der Waals surface area (Å²) in [7, 11) is 0. The van der Waals surface area contributed by atoms with Crippen LogP contribution in [0.4, 0.5) is 0 Å². The van der Waals surface area contributed by atoms with Crippen molar-refractivity contribution in [1.29, 1.82) is 0 Å². The quantitative estimate of drug-likeness (QED) is 0.425. The van der Waals surface area contributed by atoms with Gasteiger partial charge in [-0.15, -0.1) is 0 Å². The number of rotatable bonds is 4. The SMILES string of the molecule is NC(=O)C(NC(=O)c1coc2cc(O)c(O)cc2c1=O)c1ccc(O)cc1. The molecule has 9 heteroatoms. The minimum absolute atomic E-state index is 0.0307. The van der Waals surface area contributed by atoms with E-state index in [1.807, 2.05) is 0 Å². The number of phenolic OH excluding ortho intramolecular Hbond substituents is 3. The molecule has 0 aliphatic rings. The molecule has 9 nitrogen and oxygen atoms in total. The van der Waals surface area contributed by atoms with E-state index < -0.39 is 40.3 Å². The third kappa shape index (κ3) is 3.38. The standard InChI is InChI=1S/C18H14N2O7/c19-17(25)15(8-1-3-9(21)4-2-8)20-18(26)11-7-27-14-6-13(23)12(22)5-10(14)16(11)24/h1-7,15,21-23H,(H2,19,25)(H,20,26). The van der Waals surface area contributed by atoms with Crippen molar-refractivity contribution >= 4 is 22.8 Å². The van der Waals surface area contributed by atoms with E-state index in [0.29, 0.717) is 5.56 Å². The van der Waals surface area contributed by atoms with Crippen molar-refractivity contribution in [1.82, 2.24) is 5.32 Å². The van der Waals surface area contributed by atoms with Crippen LogP contribution in [0.25, 0.3) is 11.0 Å². The van der Waals surface area contributed by atoms with Crippen molar-refractivity contribution in [2.75, 3.05) is 0 Å². The number of nitrogens with one attached hydrogen (secondary N) is 1. The fourth-order valence-electron chi connectivity index (χ4n) is 2.50. The normalized spacial score (nSPS) is 11.9. The topological polar surface area (TPSA) is 163 Å². The lowest BCUT2D eigenvalue weighted by Crippen LogP contribution is -2.39. The number of phenols is 3. The molecule has 2 aromatic carbocycles. The van der Waals surface area contributed by atoms with Crippen LogP contribution in [0.15, 0.2) is 51.9 Å². The summed E-state index contributed by atoms with van der Waals surface area (Å²) < 4.78 is 5.16. The lowest BCUT2D eigenvalue weighted by Gasteiger charge is -2.15. The van der Waals surface area contributed by atoms with E-state index in [4.69, 9.17) is 10.2 Å². The number of hydrogen-bond donors (Lipinski definition) is 5. The van der Waals surface area contributed by atoms with Gasteiger partial charge in [0.25, 0.3) is 5.91 Å². The summed E-state index contributed by atoms with van der Waals surface area (Å²) in [5.41, 5.74) is 4.41. The van der Waals surface area contributed by atoms with Gasteiger partial charge < -0.3 is 30.8 Å². The summed E-state index contributed by atoms with van der Waals surface area (Å²) in [6, 6.07) is 6.19. The van der Waals surface area contributed by atoms with E-state index >= 15 is 0 Å². The molecular weight excluding hydrogens is 356 g/mol. The molecule has 1 heterocycles. The van der Waals surface area contributed by atoms with Crippen molar-refractivity contribution in [3.63, 3.8) is 0 Å². The highest BCUT2D eigenvalue weighted by molar-refractivity contribution is 5.99. The van der Waals surface area contributed by atoms with Crippen molar-refractivity contribution in [2.45, 2.75) is 6.04 Å². The molecule has 0 saturated carbocycles. The third-order valence-electron chi connectivity index (χ3n) is 3.90. The lowest BCUT2D eigenvalue weighted by molar-refractivity contribution is -0.120. The second kappa shape index (κ2) is 6.71. The Balaban J connectivity index is 1.98. The Morgan fingerprint density at radius 2 is 1.67 bits per heavy atom. The van der Waals surface area contributed by atoms with Crippen LogP contribution >= 0.6 is 0 Å². The third-order valence-corrected chi connectivity index (χ3v) is 3.90. The van der Waals surface area contributed by atoms with Crippen molar-refractivity contribution in [2.24, 2.45) is 5.73 Å². The van der Waals surface area contributed by atoms with Crippen molar-refractivity contribution in [3.05, 3.63) is 64.0 Å². The van der Waals surface area contributed by atoms with Gasteiger partial charge in [0.15, 0.2) is 11.5 Å². The number of carbonyl (C=O) groups is 2. The van der Waals surface area contributed by atoms with Crippen molar-refractivity contribution in [3.8, 4) is 17.2 Å². The van der Waals surface area contributed by atoms with Crippen LogP contribution in [0.3, 0.4) is 0 Å². The molecule has 6 N–H and O–H groups in total.